The smallest absolute Gasteiger partial charge is 0.278 e. The number of benzene rings is 2. The second-order valence-electron chi connectivity index (χ2n) is 5.63. The van der Waals surface area contributed by atoms with Gasteiger partial charge in [0, 0.05) is 10.7 Å². The minimum atomic E-state index is -0.338. The van der Waals surface area contributed by atoms with E-state index < -0.39 is 0 Å². The summed E-state index contributed by atoms with van der Waals surface area (Å²) in [5, 5.41) is 7.31. The molecule has 0 bridgehead atoms. The van der Waals surface area contributed by atoms with Gasteiger partial charge in [-0.1, -0.05) is 34.5 Å². The van der Waals surface area contributed by atoms with Crippen LogP contribution in [0.25, 0.3) is 0 Å². The van der Waals surface area contributed by atoms with Crippen molar-refractivity contribution < 1.29 is 14.1 Å². The topological polar surface area (TPSA) is 64.4 Å². The van der Waals surface area contributed by atoms with Gasteiger partial charge in [0.25, 0.3) is 5.91 Å². The fourth-order valence-corrected chi connectivity index (χ4v) is 2.38. The standard InChI is InChI=1S/C19H17ClN2O3/c1-12-3-7-15(8-4-12)21-19(23)18-17(13(2)25-22-18)11-24-16-9-5-14(20)6-10-16/h3-10H,11H2,1-2H3,(H,21,23). The summed E-state index contributed by atoms with van der Waals surface area (Å²) in [5.74, 6) is 0.855. The predicted octanol–water partition coefficient (Wildman–Crippen LogP) is 4.78. The number of anilines is 1. The molecule has 0 aliphatic heterocycles. The third kappa shape index (κ3) is 4.19. The van der Waals surface area contributed by atoms with Crippen LogP contribution in [0.4, 0.5) is 5.69 Å². The number of rotatable bonds is 5. The van der Waals surface area contributed by atoms with Gasteiger partial charge in [-0.05, 0) is 50.2 Å². The van der Waals surface area contributed by atoms with E-state index in [1.54, 1.807) is 31.2 Å². The third-order valence-electron chi connectivity index (χ3n) is 3.71. The average Bonchev–Trinajstić information content (AvgIpc) is 2.97. The molecule has 0 saturated carbocycles. The Balaban J connectivity index is 1.72. The Morgan fingerprint density at radius 1 is 1.12 bits per heavy atom. The SMILES string of the molecule is Cc1ccc(NC(=O)c2noc(C)c2COc2ccc(Cl)cc2)cc1. The lowest BCUT2D eigenvalue weighted by Crippen LogP contribution is -2.15. The molecule has 1 heterocycles. The first-order valence-corrected chi connectivity index (χ1v) is 8.12. The lowest BCUT2D eigenvalue weighted by Gasteiger charge is -2.07. The van der Waals surface area contributed by atoms with E-state index in [0.717, 1.165) is 5.56 Å². The highest BCUT2D eigenvalue weighted by Gasteiger charge is 2.20. The summed E-state index contributed by atoms with van der Waals surface area (Å²) in [4.78, 5) is 12.5. The second-order valence-corrected chi connectivity index (χ2v) is 6.07. The van der Waals surface area contributed by atoms with Gasteiger partial charge in [-0.3, -0.25) is 4.79 Å². The van der Waals surface area contributed by atoms with Crippen LogP contribution < -0.4 is 10.1 Å². The van der Waals surface area contributed by atoms with Gasteiger partial charge in [-0.15, -0.1) is 0 Å². The lowest BCUT2D eigenvalue weighted by molar-refractivity contribution is 0.101. The van der Waals surface area contributed by atoms with Crippen molar-refractivity contribution in [2.45, 2.75) is 20.5 Å². The summed E-state index contributed by atoms with van der Waals surface area (Å²) < 4.78 is 10.9. The fraction of sp³-hybridized carbons (Fsp3) is 0.158. The highest BCUT2D eigenvalue weighted by molar-refractivity contribution is 6.30. The van der Waals surface area contributed by atoms with Crippen LogP contribution in [0.3, 0.4) is 0 Å². The monoisotopic (exact) mass is 356 g/mol. The molecule has 2 aromatic carbocycles. The van der Waals surface area contributed by atoms with E-state index in [4.69, 9.17) is 20.9 Å². The van der Waals surface area contributed by atoms with Gasteiger partial charge in [0.15, 0.2) is 5.69 Å². The molecule has 3 aromatic rings. The van der Waals surface area contributed by atoms with Crippen molar-refractivity contribution in [1.82, 2.24) is 5.16 Å². The minimum Gasteiger partial charge on any atom is -0.489 e. The Morgan fingerprint density at radius 3 is 2.48 bits per heavy atom. The number of amides is 1. The summed E-state index contributed by atoms with van der Waals surface area (Å²) in [6, 6.07) is 14.5. The number of halogens is 1. The Bertz CT molecular complexity index is 871. The highest BCUT2D eigenvalue weighted by Crippen LogP contribution is 2.21. The van der Waals surface area contributed by atoms with Crippen LogP contribution >= 0.6 is 11.6 Å². The van der Waals surface area contributed by atoms with Crippen molar-refractivity contribution >= 4 is 23.2 Å². The molecule has 0 aliphatic rings. The lowest BCUT2D eigenvalue weighted by atomic mass is 10.2. The van der Waals surface area contributed by atoms with Gasteiger partial charge in [-0.2, -0.15) is 0 Å². The Hall–Kier alpha value is -2.79. The molecule has 0 atom stereocenters. The molecule has 25 heavy (non-hydrogen) atoms. The molecule has 1 amide bonds. The molecule has 0 saturated heterocycles. The normalized spacial score (nSPS) is 10.5. The van der Waals surface area contributed by atoms with Crippen LogP contribution in [0.2, 0.25) is 5.02 Å². The number of aryl methyl sites for hydroxylation is 2. The summed E-state index contributed by atoms with van der Waals surface area (Å²) in [6.45, 7) is 3.91. The molecule has 1 aromatic heterocycles. The van der Waals surface area contributed by atoms with E-state index in [1.807, 2.05) is 31.2 Å². The molecule has 1 N–H and O–H groups in total. The summed E-state index contributed by atoms with van der Waals surface area (Å²) in [7, 11) is 0. The van der Waals surface area contributed by atoms with Crippen molar-refractivity contribution in [2.75, 3.05) is 5.32 Å². The number of nitrogens with zero attached hydrogens (tertiary/aromatic N) is 1. The van der Waals surface area contributed by atoms with E-state index >= 15 is 0 Å². The van der Waals surface area contributed by atoms with E-state index in [1.165, 1.54) is 0 Å². The maximum Gasteiger partial charge on any atom is 0.278 e. The average molecular weight is 357 g/mol. The van der Waals surface area contributed by atoms with Crippen molar-refractivity contribution in [3.63, 3.8) is 0 Å². The molecular weight excluding hydrogens is 340 g/mol. The first kappa shape index (κ1) is 17.0. The number of hydrogen-bond acceptors (Lipinski definition) is 4. The number of ether oxygens (including phenoxy) is 1. The van der Waals surface area contributed by atoms with Crippen molar-refractivity contribution in [1.29, 1.82) is 0 Å². The quantitative estimate of drug-likeness (QED) is 0.714. The number of aromatic nitrogens is 1. The van der Waals surface area contributed by atoms with Gasteiger partial charge in [0.2, 0.25) is 0 Å². The third-order valence-corrected chi connectivity index (χ3v) is 3.96. The Kier molecular flexibility index (Phi) is 5.05. The molecule has 5 nitrogen and oxygen atoms in total. The second kappa shape index (κ2) is 7.40. The summed E-state index contributed by atoms with van der Waals surface area (Å²) in [6.07, 6.45) is 0. The zero-order valence-corrected chi connectivity index (χ0v) is 14.6. The number of hydrogen-bond donors (Lipinski definition) is 1. The fourth-order valence-electron chi connectivity index (χ4n) is 2.25. The van der Waals surface area contributed by atoms with Gasteiger partial charge >= 0.3 is 0 Å². The van der Waals surface area contributed by atoms with E-state index in [-0.39, 0.29) is 18.2 Å². The predicted molar refractivity (Wildman–Crippen MR) is 96.2 cm³/mol. The van der Waals surface area contributed by atoms with E-state index in [2.05, 4.69) is 10.5 Å². The zero-order chi connectivity index (χ0) is 17.8. The Labute approximate surface area is 150 Å². The van der Waals surface area contributed by atoms with E-state index in [9.17, 15) is 4.79 Å². The molecule has 3 rings (SSSR count). The summed E-state index contributed by atoms with van der Waals surface area (Å²) >= 11 is 5.86. The first-order valence-electron chi connectivity index (χ1n) is 7.74. The molecule has 6 heteroatoms. The largest absolute Gasteiger partial charge is 0.489 e. The van der Waals surface area contributed by atoms with Crippen LogP contribution in [-0.2, 0) is 6.61 Å². The first-order chi connectivity index (χ1) is 12.0. The van der Waals surface area contributed by atoms with Gasteiger partial charge < -0.3 is 14.6 Å². The van der Waals surface area contributed by atoms with Crippen LogP contribution in [-0.4, -0.2) is 11.1 Å². The molecule has 128 valence electrons. The summed E-state index contributed by atoms with van der Waals surface area (Å²) in [5.41, 5.74) is 2.64. The molecule has 0 unspecified atom stereocenters. The zero-order valence-electron chi connectivity index (χ0n) is 13.9. The van der Waals surface area contributed by atoms with E-state index in [0.29, 0.717) is 27.8 Å². The van der Waals surface area contributed by atoms with Gasteiger partial charge in [0.05, 0.1) is 5.56 Å². The molecule has 0 radical (unpaired) electrons. The molecule has 0 fully saturated rings. The van der Waals surface area contributed by atoms with Gasteiger partial charge in [-0.25, -0.2) is 0 Å². The van der Waals surface area contributed by atoms with Crippen molar-refractivity contribution in [3.8, 4) is 5.75 Å². The highest BCUT2D eigenvalue weighted by atomic mass is 35.5. The Morgan fingerprint density at radius 2 is 1.80 bits per heavy atom. The molecular formula is C19H17ClN2O3. The van der Waals surface area contributed by atoms with Crippen molar-refractivity contribution in [2.24, 2.45) is 0 Å². The minimum absolute atomic E-state index is 0.174. The van der Waals surface area contributed by atoms with Crippen LogP contribution in [0, 0.1) is 13.8 Å². The van der Waals surface area contributed by atoms with Crippen LogP contribution in [0.1, 0.15) is 27.4 Å². The number of nitrogens with one attached hydrogen (secondary N) is 1. The maximum absolute atomic E-state index is 12.5. The molecule has 0 spiro atoms. The number of carbonyl (C=O) groups excluding carboxylic acids is 1. The van der Waals surface area contributed by atoms with Crippen LogP contribution in [0.15, 0.2) is 53.1 Å². The number of carbonyl (C=O) groups is 1. The van der Waals surface area contributed by atoms with Crippen LogP contribution in [0.5, 0.6) is 5.75 Å². The van der Waals surface area contributed by atoms with Crippen molar-refractivity contribution in [3.05, 3.63) is 76.1 Å². The molecule has 0 aliphatic carbocycles. The van der Waals surface area contributed by atoms with Gasteiger partial charge in [0.1, 0.15) is 18.1 Å². The maximum atomic E-state index is 12.5.